The maximum absolute atomic E-state index is 14.6. The van der Waals surface area contributed by atoms with Gasteiger partial charge in [0.15, 0.2) is 17.3 Å². The van der Waals surface area contributed by atoms with Crippen LogP contribution in [0.15, 0.2) is 53.5 Å². The van der Waals surface area contributed by atoms with Crippen LogP contribution in [0.1, 0.15) is 24.0 Å². The van der Waals surface area contributed by atoms with Crippen LogP contribution in [0, 0.1) is 11.6 Å². The Balaban J connectivity index is 1.70. The van der Waals surface area contributed by atoms with Gasteiger partial charge in [0.1, 0.15) is 29.1 Å². The van der Waals surface area contributed by atoms with E-state index in [1.54, 1.807) is 0 Å². The average molecular weight is 568 g/mol. The van der Waals surface area contributed by atoms with Crippen LogP contribution in [0.3, 0.4) is 0 Å². The van der Waals surface area contributed by atoms with E-state index >= 15 is 0 Å². The quantitative estimate of drug-likeness (QED) is 0.392. The molecule has 1 fully saturated rings. The van der Waals surface area contributed by atoms with Gasteiger partial charge in [-0.3, -0.25) is 0 Å². The highest BCUT2D eigenvalue weighted by atomic mass is 32.1. The van der Waals surface area contributed by atoms with Crippen LogP contribution in [-0.2, 0) is 20.6 Å². The van der Waals surface area contributed by atoms with Crippen LogP contribution in [0.4, 0.5) is 35.1 Å². The molecule has 0 radical (unpaired) electrons. The average Bonchev–Trinajstić information content (AvgIpc) is 3.15. The molecule has 0 spiro atoms. The van der Waals surface area contributed by atoms with Crippen LogP contribution in [0.25, 0.3) is 0 Å². The molecule has 0 amide bonds. The van der Waals surface area contributed by atoms with Gasteiger partial charge in [-0.25, -0.2) is 13.8 Å². The lowest BCUT2D eigenvalue weighted by Crippen LogP contribution is -2.58. The van der Waals surface area contributed by atoms with Crippen LogP contribution < -0.4 is 10.6 Å². The molecule has 206 valence electrons. The lowest BCUT2D eigenvalue weighted by atomic mass is 9.85. The van der Waals surface area contributed by atoms with Gasteiger partial charge < -0.3 is 20.1 Å². The molecule has 0 bridgehead atoms. The third-order valence-electron chi connectivity index (χ3n) is 6.41. The molecule has 2 aliphatic heterocycles. The van der Waals surface area contributed by atoms with E-state index < -0.39 is 95.9 Å². The fourth-order valence-electron chi connectivity index (χ4n) is 4.51. The first-order chi connectivity index (χ1) is 17.8. The fourth-order valence-corrected chi connectivity index (χ4v) is 4.81. The van der Waals surface area contributed by atoms with Crippen molar-refractivity contribution in [3.8, 4) is 0 Å². The monoisotopic (exact) mass is 567 g/mol. The van der Waals surface area contributed by atoms with E-state index in [-0.39, 0.29) is 0 Å². The Bertz CT molecular complexity index is 1220. The van der Waals surface area contributed by atoms with E-state index in [2.05, 4.69) is 15.6 Å². The molecule has 0 aromatic heterocycles. The first-order valence-electron chi connectivity index (χ1n) is 11.3. The van der Waals surface area contributed by atoms with E-state index in [0.717, 1.165) is 24.3 Å². The number of halogens is 8. The topological polar surface area (TPSA) is 54.9 Å². The van der Waals surface area contributed by atoms with Crippen molar-refractivity contribution >= 4 is 23.0 Å². The van der Waals surface area contributed by atoms with Gasteiger partial charge in [-0.1, -0.05) is 48.6 Å². The molecule has 2 aromatic rings. The Morgan fingerprint density at radius 2 is 1.47 bits per heavy atom. The van der Waals surface area contributed by atoms with Crippen LogP contribution in [0.2, 0.25) is 0 Å². The largest absolute Gasteiger partial charge is 0.418 e. The van der Waals surface area contributed by atoms with Crippen LogP contribution in [-0.4, -0.2) is 49.2 Å². The Labute approximate surface area is 217 Å². The predicted molar refractivity (Wildman–Crippen MR) is 124 cm³/mol. The number of amidine groups is 1. The molecular formula is C24H21F8N3O2S. The lowest BCUT2D eigenvalue weighted by molar-refractivity contribution is -0.200. The number of benzene rings is 2. The number of hydrogen-bond donors (Lipinski definition) is 2. The predicted octanol–water partition coefficient (Wildman–Crippen LogP) is 5.25. The first-order valence-corrected chi connectivity index (χ1v) is 11.7. The molecule has 0 aliphatic carbocycles. The summed E-state index contributed by atoms with van der Waals surface area (Å²) in [6.07, 6.45) is -13.2. The molecule has 2 aromatic carbocycles. The van der Waals surface area contributed by atoms with Gasteiger partial charge in [0.05, 0.1) is 13.2 Å². The van der Waals surface area contributed by atoms with Crippen molar-refractivity contribution in [1.82, 2.24) is 10.6 Å². The second-order valence-corrected chi connectivity index (χ2v) is 9.16. The Hall–Kier alpha value is -2.84. The third kappa shape index (κ3) is 5.08. The molecule has 2 N–H and O–H groups in total. The van der Waals surface area contributed by atoms with Crippen molar-refractivity contribution in [2.24, 2.45) is 4.99 Å². The summed E-state index contributed by atoms with van der Waals surface area (Å²) in [6.45, 7) is -1.56. The summed E-state index contributed by atoms with van der Waals surface area (Å²) < 4.78 is 126. The highest BCUT2D eigenvalue weighted by Crippen LogP contribution is 2.47. The van der Waals surface area contributed by atoms with Gasteiger partial charge in [0, 0.05) is 24.0 Å². The van der Waals surface area contributed by atoms with E-state index in [9.17, 15) is 35.1 Å². The van der Waals surface area contributed by atoms with Gasteiger partial charge in [0.25, 0.3) is 0 Å². The highest BCUT2D eigenvalue weighted by Gasteiger charge is 2.60. The Morgan fingerprint density at radius 3 is 2.05 bits per heavy atom. The molecule has 0 saturated carbocycles. The van der Waals surface area contributed by atoms with Crippen molar-refractivity contribution in [2.45, 2.75) is 42.5 Å². The number of alkyl halides is 6. The molecular weight excluding hydrogens is 546 g/mol. The second-order valence-electron chi connectivity index (χ2n) is 8.72. The highest BCUT2D eigenvalue weighted by molar-refractivity contribution is 7.80. The van der Waals surface area contributed by atoms with Crippen LogP contribution in [0.5, 0.6) is 0 Å². The number of nitrogens with one attached hydrogen (secondary N) is 2. The first kappa shape index (κ1) is 28.2. The van der Waals surface area contributed by atoms with Crippen molar-refractivity contribution in [3.05, 3.63) is 71.3 Å². The summed E-state index contributed by atoms with van der Waals surface area (Å²) >= 11 is 5.12. The number of nitrogens with zero attached hydrogens (tertiary/aromatic N) is 1. The van der Waals surface area contributed by atoms with E-state index in [1.165, 1.54) is 24.3 Å². The van der Waals surface area contributed by atoms with Gasteiger partial charge in [0.2, 0.25) is 0 Å². The zero-order valence-electron chi connectivity index (χ0n) is 19.4. The molecule has 38 heavy (non-hydrogen) atoms. The molecule has 1 saturated heterocycles. The minimum absolute atomic E-state index is 0.443. The molecule has 14 heteroatoms. The minimum atomic E-state index is -5.06. The van der Waals surface area contributed by atoms with Crippen LogP contribution >= 0.6 is 12.2 Å². The van der Waals surface area contributed by atoms with Crippen molar-refractivity contribution < 1.29 is 44.6 Å². The summed E-state index contributed by atoms with van der Waals surface area (Å²) in [6, 6.07) is 8.56. The summed E-state index contributed by atoms with van der Waals surface area (Å²) in [5, 5.41) is 4.61. The molecule has 3 unspecified atom stereocenters. The standard InChI is InChI=1S/C24H21F8N3O2S/c25-16-7-3-1-5-14(16)21(23(27,28)29)9-11-36-13-18(34-21)33-19-20(38)35-22(10-12-37-19,24(30,31)32)15-6-2-4-8-17(15)26/h1-8,19H,9-13H2,(H,33,34)(H,35,38). The number of rotatable bonds is 3. The number of thiocarbonyl (C=S) groups is 1. The summed E-state index contributed by atoms with van der Waals surface area (Å²) in [5.41, 5.74) is -7.46. The minimum Gasteiger partial charge on any atom is -0.373 e. The van der Waals surface area contributed by atoms with Gasteiger partial charge in [-0.15, -0.1) is 0 Å². The summed E-state index contributed by atoms with van der Waals surface area (Å²) in [7, 11) is 0. The Morgan fingerprint density at radius 1 is 0.868 bits per heavy atom. The summed E-state index contributed by atoms with van der Waals surface area (Å²) in [5.74, 6) is -2.74. The third-order valence-corrected chi connectivity index (χ3v) is 6.73. The summed E-state index contributed by atoms with van der Waals surface area (Å²) in [4.78, 5) is 3.19. The molecule has 2 heterocycles. The van der Waals surface area contributed by atoms with Crippen molar-refractivity contribution in [3.63, 3.8) is 0 Å². The van der Waals surface area contributed by atoms with Gasteiger partial charge >= 0.3 is 12.4 Å². The van der Waals surface area contributed by atoms with E-state index in [4.69, 9.17) is 21.7 Å². The van der Waals surface area contributed by atoms with E-state index in [0.29, 0.717) is 0 Å². The van der Waals surface area contributed by atoms with Gasteiger partial charge in [-0.2, -0.15) is 26.3 Å². The number of ether oxygens (including phenoxy) is 2. The molecule has 5 nitrogen and oxygen atoms in total. The maximum Gasteiger partial charge on any atom is 0.418 e. The smallest absolute Gasteiger partial charge is 0.373 e. The molecule has 3 atom stereocenters. The fraction of sp³-hybridized carbons (Fsp3) is 0.417. The molecule has 4 rings (SSSR count). The Kier molecular flexibility index (Phi) is 7.70. The lowest BCUT2D eigenvalue weighted by Gasteiger charge is -2.36. The van der Waals surface area contributed by atoms with Crippen molar-refractivity contribution in [1.29, 1.82) is 0 Å². The normalized spacial score (nSPS) is 27.1. The maximum atomic E-state index is 14.6. The molecule has 2 aliphatic rings. The van der Waals surface area contributed by atoms with Crippen molar-refractivity contribution in [2.75, 3.05) is 19.8 Å². The van der Waals surface area contributed by atoms with E-state index in [1.807, 2.05) is 0 Å². The van der Waals surface area contributed by atoms with Gasteiger partial charge in [-0.05, 0) is 12.1 Å². The number of aliphatic imine (C=N–C) groups is 1. The second kappa shape index (κ2) is 10.4. The zero-order valence-corrected chi connectivity index (χ0v) is 20.2. The number of hydrogen-bond acceptors (Lipinski definition) is 5. The SMILES string of the molecule is Fc1ccccc1C1(C(F)(F)F)CCOCC(NC2OCCC(c3ccccc3F)(C(F)(F)F)NC2=S)=N1. The zero-order chi connectivity index (χ0) is 27.8.